The van der Waals surface area contributed by atoms with Gasteiger partial charge in [0.1, 0.15) is 0 Å². The molecule has 1 fully saturated rings. The smallest absolute Gasteiger partial charge is 0.314 e. The molecule has 1 aliphatic carbocycles. The summed E-state index contributed by atoms with van der Waals surface area (Å²) < 4.78 is 39.3. The topological polar surface area (TPSA) is 15.3 Å². The van der Waals surface area contributed by atoms with Gasteiger partial charge in [-0.1, -0.05) is 17.7 Å². The quantitative estimate of drug-likeness (QED) is 0.839. The molecular weight excluding hydrogens is 265 g/mol. The third-order valence-corrected chi connectivity index (χ3v) is 3.91. The molecule has 20 heavy (non-hydrogen) atoms. The van der Waals surface area contributed by atoms with Gasteiger partial charge >= 0.3 is 6.18 Å². The normalized spacial score (nSPS) is 22.4. The minimum Gasteiger partial charge on any atom is -0.314 e. The Morgan fingerprint density at radius 2 is 1.85 bits per heavy atom. The molecule has 2 rings (SSSR count). The van der Waals surface area contributed by atoms with E-state index in [-0.39, 0.29) is 6.42 Å². The first-order valence-electron chi connectivity index (χ1n) is 6.95. The molecule has 1 heterocycles. The Kier molecular flexibility index (Phi) is 4.70. The summed E-state index contributed by atoms with van der Waals surface area (Å²) in [6.45, 7) is 7.63. The molecule has 0 atom stereocenters. The van der Waals surface area contributed by atoms with Gasteiger partial charge in [0.2, 0.25) is 0 Å². The Balaban J connectivity index is 2.24. The van der Waals surface area contributed by atoms with Gasteiger partial charge < -0.3 is 5.32 Å². The van der Waals surface area contributed by atoms with Gasteiger partial charge in [-0.3, -0.25) is 4.90 Å². The Morgan fingerprint density at radius 3 is 2.45 bits per heavy atom. The van der Waals surface area contributed by atoms with E-state index in [4.69, 9.17) is 0 Å². The third-order valence-electron chi connectivity index (χ3n) is 3.91. The molecule has 2 aliphatic rings. The summed E-state index contributed by atoms with van der Waals surface area (Å²) in [4.78, 5) is 2.21. The highest BCUT2D eigenvalue weighted by molar-refractivity contribution is 5.44. The molecule has 1 N–H and O–H groups in total. The van der Waals surface area contributed by atoms with Crippen LogP contribution in [0.25, 0.3) is 0 Å². The second kappa shape index (κ2) is 6.14. The monoisotopic (exact) mass is 286 g/mol. The first kappa shape index (κ1) is 15.3. The summed E-state index contributed by atoms with van der Waals surface area (Å²) >= 11 is 0. The van der Waals surface area contributed by atoms with Gasteiger partial charge in [0, 0.05) is 38.3 Å². The number of piperazine rings is 1. The molecule has 112 valence electrons. The average Bonchev–Trinajstić information content (AvgIpc) is 2.50. The molecule has 1 saturated heterocycles. The molecule has 0 aromatic rings. The highest BCUT2D eigenvalue weighted by Crippen LogP contribution is 2.35. The van der Waals surface area contributed by atoms with E-state index >= 15 is 0 Å². The first-order valence-corrected chi connectivity index (χ1v) is 6.95. The molecule has 0 unspecified atom stereocenters. The van der Waals surface area contributed by atoms with Crippen LogP contribution < -0.4 is 5.32 Å². The lowest BCUT2D eigenvalue weighted by atomic mass is 9.99. The fourth-order valence-corrected chi connectivity index (χ4v) is 2.65. The van der Waals surface area contributed by atoms with Crippen molar-refractivity contribution in [2.24, 2.45) is 0 Å². The average molecular weight is 286 g/mol. The lowest BCUT2D eigenvalue weighted by Crippen LogP contribution is -2.44. The number of allylic oxidation sites excluding steroid dienone is 4. The highest BCUT2D eigenvalue weighted by atomic mass is 19.4. The summed E-state index contributed by atoms with van der Waals surface area (Å²) in [5.74, 6) is 0. The molecule has 0 spiro atoms. The standard InChI is InChI=1S/C15H21F3N2/c1-11-3-4-14(15(16,17)18)12(2)13(9-11)10-20-7-5-19-6-8-20/h3,9,19H,4-8,10H2,1-2H3. The Labute approximate surface area is 118 Å². The van der Waals surface area contributed by atoms with Crippen molar-refractivity contribution in [2.75, 3.05) is 32.7 Å². The van der Waals surface area contributed by atoms with Crippen molar-refractivity contribution in [2.45, 2.75) is 26.4 Å². The Hall–Kier alpha value is -1.07. The zero-order valence-electron chi connectivity index (χ0n) is 12.0. The van der Waals surface area contributed by atoms with Gasteiger partial charge in [0.15, 0.2) is 0 Å². The highest BCUT2D eigenvalue weighted by Gasteiger charge is 2.35. The first-order chi connectivity index (χ1) is 9.38. The molecule has 0 aromatic heterocycles. The van der Waals surface area contributed by atoms with Crippen LogP contribution in [0.4, 0.5) is 13.2 Å². The van der Waals surface area contributed by atoms with E-state index in [0.29, 0.717) is 12.1 Å². The predicted molar refractivity (Wildman–Crippen MR) is 74.5 cm³/mol. The van der Waals surface area contributed by atoms with Gasteiger partial charge in [-0.25, -0.2) is 0 Å². The maximum Gasteiger partial charge on any atom is 0.413 e. The number of nitrogens with one attached hydrogen (secondary N) is 1. The number of halogens is 3. The zero-order chi connectivity index (χ0) is 14.8. The van der Waals surface area contributed by atoms with Crippen LogP contribution in [-0.2, 0) is 0 Å². The molecule has 0 amide bonds. The van der Waals surface area contributed by atoms with Gasteiger partial charge in [-0.05, 0) is 31.4 Å². The number of alkyl halides is 3. The molecule has 2 nitrogen and oxygen atoms in total. The van der Waals surface area contributed by atoms with Crippen LogP contribution in [0.1, 0.15) is 20.3 Å². The van der Waals surface area contributed by atoms with Gasteiger partial charge in [0.05, 0.1) is 0 Å². The summed E-state index contributed by atoms with van der Waals surface area (Å²) in [5, 5.41) is 3.25. The fourth-order valence-electron chi connectivity index (χ4n) is 2.65. The maximum absolute atomic E-state index is 13.1. The molecule has 1 aliphatic heterocycles. The molecular formula is C15H21F3N2. The van der Waals surface area contributed by atoms with Crippen LogP contribution >= 0.6 is 0 Å². The summed E-state index contributed by atoms with van der Waals surface area (Å²) in [6.07, 6.45) is -0.705. The van der Waals surface area contributed by atoms with Crippen LogP contribution in [-0.4, -0.2) is 43.8 Å². The lowest BCUT2D eigenvalue weighted by molar-refractivity contribution is -0.0936. The van der Waals surface area contributed by atoms with Crippen molar-refractivity contribution >= 4 is 0 Å². The second-order valence-corrected chi connectivity index (χ2v) is 5.45. The maximum atomic E-state index is 13.1. The van der Waals surface area contributed by atoms with E-state index in [1.165, 1.54) is 0 Å². The van der Waals surface area contributed by atoms with E-state index < -0.39 is 11.7 Å². The third kappa shape index (κ3) is 3.73. The predicted octanol–water partition coefficient (Wildman–Crippen LogP) is 3.05. The molecule has 0 radical (unpaired) electrons. The van der Waals surface area contributed by atoms with Crippen molar-refractivity contribution in [3.8, 4) is 0 Å². The number of hydrogen-bond donors (Lipinski definition) is 1. The largest absolute Gasteiger partial charge is 0.413 e. The van der Waals surface area contributed by atoms with Crippen molar-refractivity contribution in [3.05, 3.63) is 34.4 Å². The fraction of sp³-hybridized carbons (Fsp3) is 0.600. The van der Waals surface area contributed by atoms with Crippen molar-refractivity contribution in [3.63, 3.8) is 0 Å². The molecule has 5 heteroatoms. The lowest BCUT2D eigenvalue weighted by Gasteiger charge is -2.29. The molecule has 0 bridgehead atoms. The minimum absolute atomic E-state index is 0.0251. The van der Waals surface area contributed by atoms with E-state index in [1.807, 2.05) is 13.0 Å². The van der Waals surface area contributed by atoms with E-state index in [0.717, 1.165) is 37.3 Å². The summed E-state index contributed by atoms with van der Waals surface area (Å²) in [6, 6.07) is 0. The molecule has 0 saturated carbocycles. The zero-order valence-corrected chi connectivity index (χ0v) is 12.0. The Morgan fingerprint density at radius 1 is 1.20 bits per heavy atom. The summed E-state index contributed by atoms with van der Waals surface area (Å²) in [5.41, 5.74) is 1.69. The van der Waals surface area contributed by atoms with E-state index in [1.54, 1.807) is 13.0 Å². The van der Waals surface area contributed by atoms with Crippen molar-refractivity contribution in [1.29, 1.82) is 0 Å². The van der Waals surface area contributed by atoms with E-state index in [9.17, 15) is 13.2 Å². The van der Waals surface area contributed by atoms with Crippen LogP contribution in [0.2, 0.25) is 0 Å². The SMILES string of the molecule is CC1=CCC(C(F)(F)F)=C(C)C(CN2CCNCC2)=C1. The van der Waals surface area contributed by atoms with Gasteiger partial charge in [0.25, 0.3) is 0 Å². The van der Waals surface area contributed by atoms with Crippen molar-refractivity contribution < 1.29 is 13.2 Å². The minimum atomic E-state index is -4.24. The Bertz CT molecular complexity index is 452. The summed E-state index contributed by atoms with van der Waals surface area (Å²) in [7, 11) is 0. The van der Waals surface area contributed by atoms with Crippen LogP contribution in [0.15, 0.2) is 34.4 Å². The number of hydrogen-bond acceptors (Lipinski definition) is 2. The van der Waals surface area contributed by atoms with Crippen molar-refractivity contribution in [1.82, 2.24) is 10.2 Å². The second-order valence-electron chi connectivity index (χ2n) is 5.45. The van der Waals surface area contributed by atoms with Gasteiger partial charge in [-0.2, -0.15) is 13.2 Å². The van der Waals surface area contributed by atoms with Crippen LogP contribution in [0.5, 0.6) is 0 Å². The molecule has 0 aromatic carbocycles. The number of rotatable bonds is 2. The van der Waals surface area contributed by atoms with Crippen LogP contribution in [0.3, 0.4) is 0 Å². The van der Waals surface area contributed by atoms with E-state index in [2.05, 4.69) is 10.2 Å². The van der Waals surface area contributed by atoms with Crippen LogP contribution in [0, 0.1) is 0 Å². The number of nitrogens with zero attached hydrogens (tertiary/aromatic N) is 1. The van der Waals surface area contributed by atoms with Gasteiger partial charge in [-0.15, -0.1) is 0 Å².